The number of hydrogen-bond acceptors (Lipinski definition) is 2. The van der Waals surface area contributed by atoms with Gasteiger partial charge >= 0.3 is 0 Å². The molecule has 1 aromatic carbocycles. The molecule has 3 heteroatoms. The molecule has 0 bridgehead atoms. The third-order valence-corrected chi connectivity index (χ3v) is 3.87. The highest BCUT2D eigenvalue weighted by molar-refractivity contribution is 7.99. The zero-order valence-electron chi connectivity index (χ0n) is 9.71. The largest absolute Gasteiger partial charge is 0.309 e. The summed E-state index contributed by atoms with van der Waals surface area (Å²) >= 11 is 1.76. The third kappa shape index (κ3) is 3.24. The second kappa shape index (κ2) is 6.09. The van der Waals surface area contributed by atoms with Crippen molar-refractivity contribution in [3.63, 3.8) is 0 Å². The van der Waals surface area contributed by atoms with Crippen LogP contribution in [0.5, 0.6) is 0 Å². The molecule has 0 saturated carbocycles. The summed E-state index contributed by atoms with van der Waals surface area (Å²) in [6.45, 7) is 0.952. The van der Waals surface area contributed by atoms with E-state index in [0.717, 1.165) is 36.5 Å². The van der Waals surface area contributed by atoms with Gasteiger partial charge in [0, 0.05) is 18.3 Å². The molecular formula is C14H16FNS. The second-order valence-corrected chi connectivity index (χ2v) is 5.25. The first-order valence-corrected chi connectivity index (χ1v) is 6.99. The molecule has 17 heavy (non-hydrogen) atoms. The Morgan fingerprint density at radius 2 is 2.41 bits per heavy atom. The highest BCUT2D eigenvalue weighted by Gasteiger charge is 2.21. The molecule has 1 aliphatic carbocycles. The molecule has 1 unspecified atom stereocenters. The number of terminal acetylenes is 1. The quantitative estimate of drug-likeness (QED) is 0.636. The van der Waals surface area contributed by atoms with E-state index in [1.807, 2.05) is 6.07 Å². The fraction of sp³-hybridized carbons (Fsp3) is 0.429. The average molecular weight is 249 g/mol. The van der Waals surface area contributed by atoms with Crippen LogP contribution in [-0.4, -0.2) is 18.1 Å². The summed E-state index contributed by atoms with van der Waals surface area (Å²) in [5, 5.41) is 3.50. The van der Waals surface area contributed by atoms with Crippen molar-refractivity contribution in [2.24, 2.45) is 0 Å². The molecule has 0 amide bonds. The molecular weight excluding hydrogens is 233 g/mol. The summed E-state index contributed by atoms with van der Waals surface area (Å²) in [6, 6.07) is 5.50. The van der Waals surface area contributed by atoms with Gasteiger partial charge < -0.3 is 5.32 Å². The maximum Gasteiger partial charge on any atom is 0.123 e. The van der Waals surface area contributed by atoms with Gasteiger partial charge in [0.05, 0.1) is 5.75 Å². The van der Waals surface area contributed by atoms with E-state index in [1.54, 1.807) is 23.9 Å². The molecule has 2 rings (SSSR count). The van der Waals surface area contributed by atoms with Gasteiger partial charge in [0.15, 0.2) is 0 Å². The smallest absolute Gasteiger partial charge is 0.123 e. The lowest BCUT2D eigenvalue weighted by Crippen LogP contribution is -2.21. The lowest BCUT2D eigenvalue weighted by Gasteiger charge is -2.13. The Morgan fingerprint density at radius 3 is 3.24 bits per heavy atom. The Morgan fingerprint density at radius 1 is 1.53 bits per heavy atom. The van der Waals surface area contributed by atoms with Gasteiger partial charge in [-0.05, 0) is 36.1 Å². The van der Waals surface area contributed by atoms with Gasteiger partial charge in [-0.15, -0.1) is 18.2 Å². The Kier molecular flexibility index (Phi) is 4.47. The predicted molar refractivity (Wildman–Crippen MR) is 71.6 cm³/mol. The minimum atomic E-state index is -0.131. The van der Waals surface area contributed by atoms with Crippen molar-refractivity contribution in [2.45, 2.75) is 18.9 Å². The van der Waals surface area contributed by atoms with Crippen LogP contribution in [0.25, 0.3) is 0 Å². The summed E-state index contributed by atoms with van der Waals surface area (Å²) in [7, 11) is 0. The van der Waals surface area contributed by atoms with E-state index in [4.69, 9.17) is 6.42 Å². The summed E-state index contributed by atoms with van der Waals surface area (Å²) in [6.07, 6.45) is 7.23. The van der Waals surface area contributed by atoms with E-state index >= 15 is 0 Å². The first kappa shape index (κ1) is 12.5. The lowest BCUT2D eigenvalue weighted by atomic mass is 10.1. The number of hydrogen-bond donors (Lipinski definition) is 1. The number of benzene rings is 1. The minimum Gasteiger partial charge on any atom is -0.309 e. The van der Waals surface area contributed by atoms with E-state index in [-0.39, 0.29) is 5.82 Å². The van der Waals surface area contributed by atoms with Crippen molar-refractivity contribution < 1.29 is 4.39 Å². The van der Waals surface area contributed by atoms with E-state index < -0.39 is 0 Å². The number of fused-ring (bicyclic) bond motifs is 1. The zero-order valence-corrected chi connectivity index (χ0v) is 10.5. The Labute approximate surface area is 106 Å². The highest BCUT2D eigenvalue weighted by Crippen LogP contribution is 2.31. The van der Waals surface area contributed by atoms with Crippen molar-refractivity contribution >= 4 is 11.8 Å². The van der Waals surface area contributed by atoms with Crippen molar-refractivity contribution in [1.82, 2.24) is 5.32 Å². The highest BCUT2D eigenvalue weighted by atomic mass is 32.2. The molecule has 0 spiro atoms. The van der Waals surface area contributed by atoms with Gasteiger partial charge in [-0.3, -0.25) is 0 Å². The summed E-state index contributed by atoms with van der Waals surface area (Å²) in [5.41, 5.74) is 2.41. The van der Waals surface area contributed by atoms with Crippen LogP contribution >= 0.6 is 11.8 Å². The molecule has 0 radical (unpaired) electrons. The first-order chi connectivity index (χ1) is 8.31. The van der Waals surface area contributed by atoms with Crippen LogP contribution in [0.15, 0.2) is 18.2 Å². The van der Waals surface area contributed by atoms with Crippen LogP contribution in [-0.2, 0) is 6.42 Å². The van der Waals surface area contributed by atoms with Crippen LogP contribution < -0.4 is 5.32 Å². The molecule has 1 nitrogen and oxygen atoms in total. The summed E-state index contributed by atoms with van der Waals surface area (Å²) in [4.78, 5) is 0. The van der Waals surface area contributed by atoms with Gasteiger partial charge in [-0.1, -0.05) is 12.0 Å². The topological polar surface area (TPSA) is 12.0 Å². The molecule has 0 heterocycles. The number of thioether (sulfide) groups is 1. The number of rotatable bonds is 5. The molecule has 0 aliphatic heterocycles. The van der Waals surface area contributed by atoms with E-state index in [0.29, 0.717) is 6.04 Å². The van der Waals surface area contributed by atoms with Crippen LogP contribution in [0.1, 0.15) is 23.6 Å². The van der Waals surface area contributed by atoms with Crippen LogP contribution in [0.3, 0.4) is 0 Å². The molecule has 0 fully saturated rings. The zero-order chi connectivity index (χ0) is 12.1. The molecule has 1 aliphatic rings. The van der Waals surface area contributed by atoms with Gasteiger partial charge in [-0.2, -0.15) is 0 Å². The van der Waals surface area contributed by atoms with E-state index in [1.165, 1.54) is 5.56 Å². The Bertz CT molecular complexity index is 425. The monoisotopic (exact) mass is 249 g/mol. The van der Waals surface area contributed by atoms with Gasteiger partial charge in [0.2, 0.25) is 0 Å². The number of halogens is 1. The fourth-order valence-electron chi connectivity index (χ4n) is 2.23. The number of nitrogens with one attached hydrogen (secondary N) is 1. The van der Waals surface area contributed by atoms with E-state index in [2.05, 4.69) is 11.2 Å². The molecule has 0 aromatic heterocycles. The SMILES string of the molecule is C#CCSCCNC1CCc2cc(F)ccc21. The van der Waals surface area contributed by atoms with Crippen LogP contribution in [0, 0.1) is 18.2 Å². The molecule has 0 saturated heterocycles. The maximum atomic E-state index is 13.0. The maximum absolute atomic E-state index is 13.0. The molecule has 1 N–H and O–H groups in total. The van der Waals surface area contributed by atoms with Crippen molar-refractivity contribution in [3.05, 3.63) is 35.1 Å². The molecule has 90 valence electrons. The van der Waals surface area contributed by atoms with Gasteiger partial charge in [0.1, 0.15) is 5.82 Å². The second-order valence-electron chi connectivity index (χ2n) is 4.15. The normalized spacial score (nSPS) is 17.8. The lowest BCUT2D eigenvalue weighted by molar-refractivity contribution is 0.551. The van der Waals surface area contributed by atoms with Gasteiger partial charge in [0.25, 0.3) is 0 Å². The third-order valence-electron chi connectivity index (χ3n) is 3.01. The van der Waals surface area contributed by atoms with Crippen molar-refractivity contribution in [3.8, 4) is 12.3 Å². The van der Waals surface area contributed by atoms with Crippen molar-refractivity contribution in [1.29, 1.82) is 0 Å². The van der Waals surface area contributed by atoms with Crippen LogP contribution in [0.2, 0.25) is 0 Å². The first-order valence-electron chi connectivity index (χ1n) is 5.84. The molecule has 1 aromatic rings. The minimum absolute atomic E-state index is 0.131. The van der Waals surface area contributed by atoms with Crippen molar-refractivity contribution in [2.75, 3.05) is 18.1 Å². The standard InChI is InChI=1S/C14H16FNS/c1-2-8-17-9-7-16-14-6-3-11-10-12(15)4-5-13(11)14/h1,4-5,10,14,16H,3,6-9H2. The fourth-order valence-corrected chi connectivity index (χ4v) is 2.76. The Balaban J connectivity index is 1.83. The average Bonchev–Trinajstić information content (AvgIpc) is 2.71. The predicted octanol–water partition coefficient (Wildman–Crippen LogP) is 2.77. The van der Waals surface area contributed by atoms with Crippen LogP contribution in [0.4, 0.5) is 4.39 Å². The summed E-state index contributed by atoms with van der Waals surface area (Å²) in [5.74, 6) is 4.28. The Hall–Kier alpha value is -0.980. The molecule has 1 atom stereocenters. The summed E-state index contributed by atoms with van der Waals surface area (Å²) < 4.78 is 13.0. The number of aryl methyl sites for hydroxylation is 1. The van der Waals surface area contributed by atoms with Gasteiger partial charge in [-0.25, -0.2) is 4.39 Å². The van der Waals surface area contributed by atoms with E-state index in [9.17, 15) is 4.39 Å².